The van der Waals surface area contributed by atoms with Crippen LogP contribution in [-0.4, -0.2) is 26.0 Å². The number of aromatic carboxylic acids is 1. The van der Waals surface area contributed by atoms with Gasteiger partial charge in [0.05, 0.1) is 5.56 Å². The molecule has 0 aliphatic rings. The highest BCUT2D eigenvalue weighted by molar-refractivity contribution is 5.86. The summed E-state index contributed by atoms with van der Waals surface area (Å²) in [5, 5.41) is 11.6. The molecule has 2 heterocycles. The second-order valence-corrected chi connectivity index (χ2v) is 2.96. The molecular weight excluding hydrogens is 208 g/mol. The third-order valence-corrected chi connectivity index (χ3v) is 1.84. The highest BCUT2D eigenvalue weighted by Gasteiger charge is 2.03. The predicted molar refractivity (Wildman–Crippen MR) is 56.5 cm³/mol. The first-order valence-electron chi connectivity index (χ1n) is 4.48. The Bertz CT molecular complexity index is 484. The number of pyridine rings is 1. The average Bonchev–Trinajstić information content (AvgIpc) is 2.31. The number of hydrogen-bond acceptors (Lipinski definition) is 5. The smallest absolute Gasteiger partial charge is 0.338 e. The number of nitrogens with one attached hydrogen (secondary N) is 1. The van der Waals surface area contributed by atoms with Gasteiger partial charge in [-0.25, -0.2) is 14.8 Å². The summed E-state index contributed by atoms with van der Waals surface area (Å²) >= 11 is 0. The van der Waals surface area contributed by atoms with Gasteiger partial charge < -0.3 is 10.4 Å². The molecular formula is C10H8N4O2. The highest BCUT2D eigenvalue weighted by atomic mass is 16.4. The van der Waals surface area contributed by atoms with E-state index in [9.17, 15) is 4.79 Å². The second kappa shape index (κ2) is 4.35. The lowest BCUT2D eigenvalue weighted by Gasteiger charge is -2.03. The lowest BCUT2D eigenvalue weighted by molar-refractivity contribution is 0.0696. The van der Waals surface area contributed by atoms with Gasteiger partial charge in [-0.15, -0.1) is 0 Å². The Morgan fingerprint density at radius 3 is 2.38 bits per heavy atom. The molecule has 6 heteroatoms. The van der Waals surface area contributed by atoms with Crippen LogP contribution in [0.1, 0.15) is 10.4 Å². The summed E-state index contributed by atoms with van der Waals surface area (Å²) in [6.45, 7) is 0. The van der Waals surface area contributed by atoms with Crippen molar-refractivity contribution in [2.24, 2.45) is 0 Å². The molecule has 0 fully saturated rings. The van der Waals surface area contributed by atoms with Crippen molar-refractivity contribution >= 4 is 17.6 Å². The van der Waals surface area contributed by atoms with Crippen LogP contribution in [0.25, 0.3) is 0 Å². The minimum Gasteiger partial charge on any atom is -0.478 e. The van der Waals surface area contributed by atoms with Crippen LogP contribution in [0.3, 0.4) is 0 Å². The number of hydrogen-bond donors (Lipinski definition) is 2. The average molecular weight is 216 g/mol. The number of carboxylic acids is 1. The van der Waals surface area contributed by atoms with E-state index in [2.05, 4.69) is 20.3 Å². The first kappa shape index (κ1) is 10.0. The molecule has 16 heavy (non-hydrogen) atoms. The van der Waals surface area contributed by atoms with Crippen molar-refractivity contribution in [3.05, 3.63) is 42.5 Å². The molecule has 0 aliphatic carbocycles. The van der Waals surface area contributed by atoms with Gasteiger partial charge in [-0.2, -0.15) is 0 Å². The van der Waals surface area contributed by atoms with E-state index < -0.39 is 5.97 Å². The minimum absolute atomic E-state index is 0.0558. The molecule has 0 aromatic carbocycles. The summed E-state index contributed by atoms with van der Waals surface area (Å²) in [5.74, 6) is -0.702. The Morgan fingerprint density at radius 2 is 1.81 bits per heavy atom. The molecule has 2 aromatic heterocycles. The summed E-state index contributed by atoms with van der Waals surface area (Å²) in [5.41, 5.74) is 0.846. The van der Waals surface area contributed by atoms with E-state index in [0.29, 0.717) is 5.95 Å². The fourth-order valence-electron chi connectivity index (χ4n) is 1.07. The molecule has 0 bridgehead atoms. The molecule has 0 saturated heterocycles. The van der Waals surface area contributed by atoms with E-state index in [0.717, 1.165) is 5.69 Å². The molecule has 0 atom stereocenters. The summed E-state index contributed by atoms with van der Waals surface area (Å²) in [6, 6.07) is 3.52. The summed E-state index contributed by atoms with van der Waals surface area (Å²) in [6.07, 6.45) is 5.76. The van der Waals surface area contributed by atoms with Gasteiger partial charge in [-0.1, -0.05) is 0 Å². The van der Waals surface area contributed by atoms with E-state index >= 15 is 0 Å². The number of rotatable bonds is 3. The van der Waals surface area contributed by atoms with E-state index in [1.165, 1.54) is 12.4 Å². The van der Waals surface area contributed by atoms with Crippen molar-refractivity contribution in [3.63, 3.8) is 0 Å². The Hall–Kier alpha value is -2.50. The zero-order valence-corrected chi connectivity index (χ0v) is 8.16. The maximum Gasteiger partial charge on any atom is 0.338 e. The zero-order valence-electron chi connectivity index (χ0n) is 8.16. The molecule has 6 nitrogen and oxygen atoms in total. The molecule has 0 aliphatic heterocycles. The SMILES string of the molecule is O=C(O)c1cnc(Nc2ccncc2)nc1. The summed E-state index contributed by atoms with van der Waals surface area (Å²) in [7, 11) is 0. The largest absolute Gasteiger partial charge is 0.478 e. The van der Waals surface area contributed by atoms with Crippen molar-refractivity contribution in [1.82, 2.24) is 15.0 Å². The van der Waals surface area contributed by atoms with Crippen LogP contribution in [0.2, 0.25) is 0 Å². The maximum absolute atomic E-state index is 10.6. The van der Waals surface area contributed by atoms with Gasteiger partial charge in [0.25, 0.3) is 0 Å². The molecule has 2 N–H and O–H groups in total. The van der Waals surface area contributed by atoms with Crippen molar-refractivity contribution in [2.75, 3.05) is 5.32 Å². The number of aromatic nitrogens is 3. The lowest BCUT2D eigenvalue weighted by Crippen LogP contribution is -2.01. The normalized spacial score (nSPS) is 9.75. The number of carbonyl (C=O) groups is 1. The molecule has 2 aromatic rings. The van der Waals surface area contributed by atoms with E-state index in [1.807, 2.05) is 0 Å². The monoisotopic (exact) mass is 216 g/mol. The third kappa shape index (κ3) is 2.30. The Labute approximate surface area is 91.0 Å². The summed E-state index contributed by atoms with van der Waals surface area (Å²) in [4.78, 5) is 22.2. The van der Waals surface area contributed by atoms with Gasteiger partial charge in [0.15, 0.2) is 0 Å². The standard InChI is InChI=1S/C10H8N4O2/c15-9(16)7-5-12-10(13-6-7)14-8-1-3-11-4-2-8/h1-6H,(H,15,16)(H,11,12,13,14). The number of nitrogens with zero attached hydrogens (tertiary/aromatic N) is 3. The van der Waals surface area contributed by atoms with Gasteiger partial charge in [-0.05, 0) is 12.1 Å². The Balaban J connectivity index is 2.14. The van der Waals surface area contributed by atoms with Crippen LogP contribution in [0.15, 0.2) is 36.9 Å². The molecule has 0 saturated carbocycles. The Kier molecular flexibility index (Phi) is 2.73. The topological polar surface area (TPSA) is 88.0 Å². The lowest BCUT2D eigenvalue weighted by atomic mass is 10.3. The zero-order chi connectivity index (χ0) is 11.4. The number of carboxylic acid groups (broad SMARTS) is 1. The van der Waals surface area contributed by atoms with E-state index in [-0.39, 0.29) is 5.56 Å². The quantitative estimate of drug-likeness (QED) is 0.804. The van der Waals surface area contributed by atoms with Crippen LogP contribution >= 0.6 is 0 Å². The van der Waals surface area contributed by atoms with E-state index in [1.54, 1.807) is 24.5 Å². The van der Waals surface area contributed by atoms with Gasteiger partial charge in [0, 0.05) is 30.5 Å². The van der Waals surface area contributed by atoms with Crippen LogP contribution in [0.5, 0.6) is 0 Å². The maximum atomic E-state index is 10.6. The van der Waals surface area contributed by atoms with Crippen molar-refractivity contribution in [3.8, 4) is 0 Å². The van der Waals surface area contributed by atoms with Crippen LogP contribution in [-0.2, 0) is 0 Å². The predicted octanol–water partition coefficient (Wildman–Crippen LogP) is 1.31. The molecule has 2 rings (SSSR count). The molecule has 80 valence electrons. The van der Waals surface area contributed by atoms with Gasteiger partial charge in [0.1, 0.15) is 0 Å². The van der Waals surface area contributed by atoms with Crippen molar-refractivity contribution < 1.29 is 9.90 Å². The molecule has 0 amide bonds. The minimum atomic E-state index is -1.05. The van der Waals surface area contributed by atoms with E-state index in [4.69, 9.17) is 5.11 Å². The first-order valence-corrected chi connectivity index (χ1v) is 4.48. The highest BCUT2D eigenvalue weighted by Crippen LogP contribution is 2.10. The molecule has 0 unspecified atom stereocenters. The number of anilines is 2. The van der Waals surface area contributed by atoms with Gasteiger partial charge in [-0.3, -0.25) is 4.98 Å². The molecule has 0 spiro atoms. The van der Waals surface area contributed by atoms with Crippen LogP contribution in [0.4, 0.5) is 11.6 Å². The first-order chi connectivity index (χ1) is 7.75. The summed E-state index contributed by atoms with van der Waals surface area (Å²) < 4.78 is 0. The van der Waals surface area contributed by atoms with Crippen molar-refractivity contribution in [1.29, 1.82) is 0 Å². The third-order valence-electron chi connectivity index (χ3n) is 1.84. The van der Waals surface area contributed by atoms with Gasteiger partial charge >= 0.3 is 5.97 Å². The second-order valence-electron chi connectivity index (χ2n) is 2.96. The van der Waals surface area contributed by atoms with Crippen LogP contribution < -0.4 is 5.32 Å². The van der Waals surface area contributed by atoms with Crippen LogP contribution in [0, 0.1) is 0 Å². The van der Waals surface area contributed by atoms with Gasteiger partial charge in [0.2, 0.25) is 5.95 Å². The fourth-order valence-corrected chi connectivity index (χ4v) is 1.07. The molecule has 0 radical (unpaired) electrons. The van der Waals surface area contributed by atoms with Crippen molar-refractivity contribution in [2.45, 2.75) is 0 Å². The fraction of sp³-hybridized carbons (Fsp3) is 0. The Morgan fingerprint density at radius 1 is 1.19 bits per heavy atom.